The van der Waals surface area contributed by atoms with E-state index in [-0.39, 0.29) is 0 Å². The average molecular weight is 364 g/mol. The molecule has 3 heterocycles. The molecule has 0 atom stereocenters. The highest BCUT2D eigenvalue weighted by Crippen LogP contribution is 2.22. The predicted octanol–water partition coefficient (Wildman–Crippen LogP) is 3.89. The fourth-order valence-electron chi connectivity index (χ4n) is 2.88. The van der Waals surface area contributed by atoms with E-state index in [4.69, 9.17) is 11.6 Å². The Kier molecular flexibility index (Phi) is 4.91. The van der Waals surface area contributed by atoms with Crippen molar-refractivity contribution in [1.29, 1.82) is 0 Å². The van der Waals surface area contributed by atoms with Crippen molar-refractivity contribution >= 4 is 22.6 Å². The second-order valence-corrected chi connectivity index (χ2v) is 6.57. The van der Waals surface area contributed by atoms with Crippen molar-refractivity contribution in [2.45, 2.75) is 19.5 Å². The first-order valence-corrected chi connectivity index (χ1v) is 8.82. The number of nitrogens with one attached hydrogen (secondary N) is 2. The molecular formula is C20H18ClN5. The molecule has 0 saturated heterocycles. The minimum Gasteiger partial charge on any atom is -0.346 e. The minimum atomic E-state index is 0.634. The summed E-state index contributed by atoms with van der Waals surface area (Å²) in [5.74, 6) is 0.785. The smallest absolute Gasteiger partial charge is 0.141 e. The molecule has 26 heavy (non-hydrogen) atoms. The van der Waals surface area contributed by atoms with Gasteiger partial charge in [0.1, 0.15) is 11.5 Å². The highest BCUT2D eigenvalue weighted by atomic mass is 35.5. The van der Waals surface area contributed by atoms with Crippen molar-refractivity contribution in [3.63, 3.8) is 0 Å². The van der Waals surface area contributed by atoms with Gasteiger partial charge < -0.3 is 10.3 Å². The summed E-state index contributed by atoms with van der Waals surface area (Å²) in [5.41, 5.74) is 4.27. The van der Waals surface area contributed by atoms with Gasteiger partial charge >= 0.3 is 0 Å². The summed E-state index contributed by atoms with van der Waals surface area (Å²) in [6, 6.07) is 12.2. The molecule has 130 valence electrons. The minimum absolute atomic E-state index is 0.634. The van der Waals surface area contributed by atoms with Gasteiger partial charge in [-0.1, -0.05) is 41.9 Å². The van der Waals surface area contributed by atoms with Gasteiger partial charge in [0.25, 0.3) is 0 Å². The Morgan fingerprint density at radius 3 is 2.54 bits per heavy atom. The summed E-state index contributed by atoms with van der Waals surface area (Å²) < 4.78 is 0. The van der Waals surface area contributed by atoms with E-state index in [9.17, 15) is 0 Å². The second-order valence-electron chi connectivity index (χ2n) is 6.14. The molecule has 0 aliphatic carbocycles. The SMILES string of the molecule is Clc1cnc2[nH]cc(Cc3cnc(CNCc4ccccc4)nc3)c2c1. The van der Waals surface area contributed by atoms with E-state index in [0.717, 1.165) is 41.0 Å². The molecule has 0 saturated carbocycles. The summed E-state index contributed by atoms with van der Waals surface area (Å²) in [6.07, 6.45) is 8.10. The van der Waals surface area contributed by atoms with E-state index in [2.05, 4.69) is 37.4 Å². The maximum atomic E-state index is 6.06. The molecule has 0 aliphatic heterocycles. The van der Waals surface area contributed by atoms with Gasteiger partial charge in [-0.3, -0.25) is 0 Å². The molecule has 2 N–H and O–H groups in total. The topological polar surface area (TPSA) is 66.5 Å². The Hall–Kier alpha value is -2.76. The number of rotatable bonds is 6. The lowest BCUT2D eigenvalue weighted by molar-refractivity contribution is 0.661. The van der Waals surface area contributed by atoms with Crippen LogP contribution in [0.3, 0.4) is 0 Å². The fourth-order valence-corrected chi connectivity index (χ4v) is 3.03. The second kappa shape index (κ2) is 7.64. The number of fused-ring (bicyclic) bond motifs is 1. The van der Waals surface area contributed by atoms with Gasteiger partial charge in [-0.05, 0) is 22.8 Å². The van der Waals surface area contributed by atoms with Crippen LogP contribution in [0.15, 0.2) is 61.2 Å². The number of hydrogen-bond donors (Lipinski definition) is 2. The Balaban J connectivity index is 1.38. The summed E-state index contributed by atoms with van der Waals surface area (Å²) in [4.78, 5) is 16.4. The van der Waals surface area contributed by atoms with Crippen LogP contribution in [0.25, 0.3) is 11.0 Å². The van der Waals surface area contributed by atoms with Crippen LogP contribution in [0.1, 0.15) is 22.5 Å². The highest BCUT2D eigenvalue weighted by Gasteiger charge is 2.07. The largest absolute Gasteiger partial charge is 0.346 e. The van der Waals surface area contributed by atoms with Gasteiger partial charge in [-0.15, -0.1) is 0 Å². The van der Waals surface area contributed by atoms with E-state index < -0.39 is 0 Å². The van der Waals surface area contributed by atoms with E-state index in [1.54, 1.807) is 6.20 Å². The summed E-state index contributed by atoms with van der Waals surface area (Å²) in [7, 11) is 0. The third-order valence-corrected chi connectivity index (χ3v) is 4.40. The predicted molar refractivity (Wildman–Crippen MR) is 103 cm³/mol. The van der Waals surface area contributed by atoms with Gasteiger partial charge in [0.2, 0.25) is 0 Å². The zero-order chi connectivity index (χ0) is 17.8. The molecule has 0 unspecified atom stereocenters. The molecule has 0 aliphatic rings. The van der Waals surface area contributed by atoms with Crippen molar-refractivity contribution in [3.8, 4) is 0 Å². The molecule has 0 spiro atoms. The monoisotopic (exact) mass is 363 g/mol. The van der Waals surface area contributed by atoms with Gasteiger partial charge in [0.05, 0.1) is 11.6 Å². The van der Waals surface area contributed by atoms with Gasteiger partial charge in [0, 0.05) is 43.1 Å². The molecule has 4 aromatic rings. The van der Waals surface area contributed by atoms with Crippen molar-refractivity contribution in [2.24, 2.45) is 0 Å². The molecule has 0 radical (unpaired) electrons. The lowest BCUT2D eigenvalue weighted by Crippen LogP contribution is -2.14. The van der Waals surface area contributed by atoms with Crippen LogP contribution < -0.4 is 5.32 Å². The normalized spacial score (nSPS) is 11.1. The standard InChI is InChI=1S/C20H18ClN5/c21-17-7-18-16(11-25-20(18)26-12-17)6-15-9-23-19(24-10-15)13-22-8-14-4-2-1-3-5-14/h1-5,7,9-12,22H,6,8,13H2,(H,25,26). The summed E-state index contributed by atoms with van der Waals surface area (Å²) >= 11 is 6.06. The van der Waals surface area contributed by atoms with Crippen LogP contribution in [0.2, 0.25) is 5.02 Å². The molecule has 0 fully saturated rings. The fraction of sp³-hybridized carbons (Fsp3) is 0.150. The number of aromatic amines is 1. The summed E-state index contributed by atoms with van der Waals surface area (Å²) in [6.45, 7) is 1.44. The lowest BCUT2D eigenvalue weighted by Gasteiger charge is -2.05. The number of nitrogens with zero attached hydrogens (tertiary/aromatic N) is 3. The average Bonchev–Trinajstić information content (AvgIpc) is 3.06. The molecule has 0 bridgehead atoms. The quantitative estimate of drug-likeness (QED) is 0.545. The van der Waals surface area contributed by atoms with E-state index >= 15 is 0 Å². The van der Waals surface area contributed by atoms with Crippen LogP contribution in [0.5, 0.6) is 0 Å². The zero-order valence-electron chi connectivity index (χ0n) is 14.1. The van der Waals surface area contributed by atoms with Crippen molar-refractivity contribution < 1.29 is 0 Å². The zero-order valence-corrected chi connectivity index (χ0v) is 14.9. The van der Waals surface area contributed by atoms with Crippen LogP contribution in [0, 0.1) is 0 Å². The number of aromatic nitrogens is 4. The van der Waals surface area contributed by atoms with Gasteiger partial charge in [-0.25, -0.2) is 15.0 Å². The molecule has 0 amide bonds. The number of pyridine rings is 1. The molecule has 6 heteroatoms. The van der Waals surface area contributed by atoms with Gasteiger partial charge in [-0.2, -0.15) is 0 Å². The summed E-state index contributed by atoms with van der Waals surface area (Å²) in [5, 5.41) is 5.03. The maximum absolute atomic E-state index is 6.06. The Bertz CT molecular complexity index is 996. The number of benzene rings is 1. The van der Waals surface area contributed by atoms with E-state index in [1.807, 2.05) is 42.9 Å². The van der Waals surface area contributed by atoms with Gasteiger partial charge in [0.15, 0.2) is 0 Å². The van der Waals surface area contributed by atoms with Crippen molar-refractivity contribution in [1.82, 2.24) is 25.3 Å². The molecule has 4 rings (SSSR count). The third-order valence-electron chi connectivity index (χ3n) is 4.19. The van der Waals surface area contributed by atoms with Crippen LogP contribution in [0.4, 0.5) is 0 Å². The van der Waals surface area contributed by atoms with E-state index in [1.165, 1.54) is 5.56 Å². The number of halogens is 1. The van der Waals surface area contributed by atoms with Crippen molar-refractivity contribution in [3.05, 3.63) is 88.7 Å². The van der Waals surface area contributed by atoms with Crippen LogP contribution >= 0.6 is 11.6 Å². The first kappa shape index (κ1) is 16.7. The Labute approximate surface area is 156 Å². The molecule has 1 aromatic carbocycles. The van der Waals surface area contributed by atoms with Crippen molar-refractivity contribution in [2.75, 3.05) is 0 Å². The number of H-pyrrole nitrogens is 1. The Morgan fingerprint density at radius 2 is 1.73 bits per heavy atom. The van der Waals surface area contributed by atoms with E-state index in [0.29, 0.717) is 11.6 Å². The number of hydrogen-bond acceptors (Lipinski definition) is 4. The Morgan fingerprint density at radius 1 is 0.923 bits per heavy atom. The maximum Gasteiger partial charge on any atom is 0.141 e. The molecule has 5 nitrogen and oxygen atoms in total. The third kappa shape index (κ3) is 3.90. The first-order chi connectivity index (χ1) is 12.8. The lowest BCUT2D eigenvalue weighted by atomic mass is 10.1. The first-order valence-electron chi connectivity index (χ1n) is 8.44. The van der Waals surface area contributed by atoms with Crippen LogP contribution in [-0.2, 0) is 19.5 Å². The van der Waals surface area contributed by atoms with Crippen LogP contribution in [-0.4, -0.2) is 19.9 Å². The molecule has 3 aromatic heterocycles. The molecular weight excluding hydrogens is 346 g/mol. The highest BCUT2D eigenvalue weighted by molar-refractivity contribution is 6.31.